The minimum absolute atomic E-state index is 0.0475. The molecular formula is C18H19N3O2S2. The molecule has 3 rings (SSSR count). The van der Waals surface area contributed by atoms with E-state index in [9.17, 15) is 9.59 Å². The van der Waals surface area contributed by atoms with E-state index in [1.54, 1.807) is 4.90 Å². The Bertz CT molecular complexity index is 1040. The maximum absolute atomic E-state index is 13.1. The molecule has 0 aliphatic heterocycles. The van der Waals surface area contributed by atoms with Gasteiger partial charge in [-0.05, 0) is 50.7 Å². The van der Waals surface area contributed by atoms with Crippen molar-refractivity contribution in [2.45, 2.75) is 20.8 Å². The highest BCUT2D eigenvalue weighted by Gasteiger charge is 2.22. The molecule has 0 fully saturated rings. The van der Waals surface area contributed by atoms with Crippen molar-refractivity contribution in [3.05, 3.63) is 55.9 Å². The second kappa shape index (κ2) is 6.93. The number of hydrogen-bond donors (Lipinski definition) is 1. The van der Waals surface area contributed by atoms with Crippen molar-refractivity contribution in [1.82, 2.24) is 14.5 Å². The number of rotatable bonds is 4. The second-order valence-corrected chi connectivity index (χ2v) is 7.05. The van der Waals surface area contributed by atoms with Crippen molar-refractivity contribution in [3.8, 4) is 5.69 Å². The third-order valence-electron chi connectivity index (χ3n) is 4.25. The van der Waals surface area contributed by atoms with Crippen LogP contribution < -0.4 is 5.56 Å². The molecule has 0 saturated heterocycles. The average Bonchev–Trinajstić information content (AvgIpc) is 2.93. The van der Waals surface area contributed by atoms with Gasteiger partial charge in [-0.3, -0.25) is 14.2 Å². The second-order valence-electron chi connectivity index (χ2n) is 5.64. The lowest BCUT2D eigenvalue weighted by Crippen LogP contribution is -2.30. The molecule has 25 heavy (non-hydrogen) atoms. The predicted octanol–water partition coefficient (Wildman–Crippen LogP) is 3.90. The number of fused-ring (bicyclic) bond motifs is 1. The summed E-state index contributed by atoms with van der Waals surface area (Å²) in [6.45, 7) is 6.98. The number of thiophene rings is 1. The molecular weight excluding hydrogens is 354 g/mol. The van der Waals surface area contributed by atoms with Crippen molar-refractivity contribution < 1.29 is 4.79 Å². The molecule has 2 aromatic heterocycles. The van der Waals surface area contributed by atoms with Gasteiger partial charge in [0, 0.05) is 13.1 Å². The monoisotopic (exact) mass is 373 g/mol. The standard InChI is InChI=1S/C18H19N3O2S2/c1-4-20(5-2)17(23)14-11(3)13-15(25-14)19-18(24)21(16(13)22)12-9-7-6-8-10-12/h6-10H,4-5H2,1-3H3,(H,19,24). The zero-order chi connectivity index (χ0) is 18.1. The molecule has 1 aromatic carbocycles. The van der Waals surface area contributed by atoms with Crippen molar-refractivity contribution >= 4 is 39.7 Å². The first-order valence-electron chi connectivity index (χ1n) is 8.12. The van der Waals surface area contributed by atoms with Gasteiger partial charge in [-0.15, -0.1) is 11.3 Å². The lowest BCUT2D eigenvalue weighted by atomic mass is 10.2. The highest BCUT2D eigenvalue weighted by Crippen LogP contribution is 2.28. The van der Waals surface area contributed by atoms with Gasteiger partial charge in [0.05, 0.1) is 16.0 Å². The summed E-state index contributed by atoms with van der Waals surface area (Å²) in [7, 11) is 0. The maximum Gasteiger partial charge on any atom is 0.267 e. The van der Waals surface area contributed by atoms with Crippen LogP contribution >= 0.6 is 23.6 Å². The summed E-state index contributed by atoms with van der Waals surface area (Å²) in [4.78, 5) is 31.9. The number of nitrogens with zero attached hydrogens (tertiary/aromatic N) is 2. The molecule has 0 aliphatic carbocycles. The molecule has 7 heteroatoms. The Hall–Kier alpha value is -2.25. The van der Waals surface area contributed by atoms with E-state index >= 15 is 0 Å². The Labute approximate surface area is 154 Å². The van der Waals surface area contributed by atoms with Gasteiger partial charge >= 0.3 is 0 Å². The highest BCUT2D eigenvalue weighted by molar-refractivity contribution is 7.71. The minimum atomic E-state index is -0.197. The van der Waals surface area contributed by atoms with Gasteiger partial charge in [-0.2, -0.15) is 0 Å². The largest absolute Gasteiger partial charge is 0.338 e. The first-order valence-corrected chi connectivity index (χ1v) is 9.35. The summed E-state index contributed by atoms with van der Waals surface area (Å²) in [5.74, 6) is -0.0475. The number of aromatic nitrogens is 2. The Morgan fingerprint density at radius 1 is 1.24 bits per heavy atom. The fourth-order valence-corrected chi connectivity index (χ4v) is 4.41. The van der Waals surface area contributed by atoms with Gasteiger partial charge < -0.3 is 9.88 Å². The van der Waals surface area contributed by atoms with Crippen LogP contribution in [0.15, 0.2) is 35.1 Å². The number of carbonyl (C=O) groups is 1. The minimum Gasteiger partial charge on any atom is -0.338 e. The Kier molecular flexibility index (Phi) is 4.87. The van der Waals surface area contributed by atoms with E-state index in [1.807, 2.05) is 51.1 Å². The number of benzene rings is 1. The van der Waals surface area contributed by atoms with E-state index < -0.39 is 0 Å². The van der Waals surface area contributed by atoms with E-state index in [-0.39, 0.29) is 11.5 Å². The summed E-state index contributed by atoms with van der Waals surface area (Å²) < 4.78 is 1.80. The van der Waals surface area contributed by atoms with Gasteiger partial charge in [0.15, 0.2) is 4.77 Å². The fourth-order valence-electron chi connectivity index (χ4n) is 2.89. The zero-order valence-corrected chi connectivity index (χ0v) is 16.0. The van der Waals surface area contributed by atoms with Crippen LogP contribution in [0.1, 0.15) is 29.1 Å². The van der Waals surface area contributed by atoms with Crippen LogP contribution in [-0.4, -0.2) is 33.4 Å². The van der Waals surface area contributed by atoms with E-state index in [4.69, 9.17) is 12.2 Å². The van der Waals surface area contributed by atoms with E-state index in [0.29, 0.717) is 44.2 Å². The summed E-state index contributed by atoms with van der Waals surface area (Å²) in [5.41, 5.74) is 1.22. The molecule has 3 aromatic rings. The first-order chi connectivity index (χ1) is 12.0. The normalized spacial score (nSPS) is 11.0. The lowest BCUT2D eigenvalue weighted by Gasteiger charge is -2.17. The van der Waals surface area contributed by atoms with Crippen LogP contribution in [0.25, 0.3) is 15.9 Å². The number of hydrogen-bond acceptors (Lipinski definition) is 4. The van der Waals surface area contributed by atoms with Crippen LogP contribution in [0.4, 0.5) is 0 Å². The fraction of sp³-hybridized carbons (Fsp3) is 0.278. The van der Waals surface area contributed by atoms with Crippen LogP contribution in [0.3, 0.4) is 0 Å². The molecule has 0 aliphatic rings. The predicted molar refractivity (Wildman–Crippen MR) is 105 cm³/mol. The van der Waals surface area contributed by atoms with Gasteiger partial charge in [-0.25, -0.2) is 0 Å². The van der Waals surface area contributed by atoms with Crippen LogP contribution in [-0.2, 0) is 0 Å². The quantitative estimate of drug-likeness (QED) is 0.706. The summed E-state index contributed by atoms with van der Waals surface area (Å²) in [6.07, 6.45) is 0. The summed E-state index contributed by atoms with van der Waals surface area (Å²) in [5, 5.41) is 0.526. The molecule has 0 bridgehead atoms. The molecule has 0 spiro atoms. The molecule has 0 atom stereocenters. The number of amides is 1. The van der Waals surface area contributed by atoms with E-state index in [0.717, 1.165) is 0 Å². The Balaban J connectivity index is 2.27. The maximum atomic E-state index is 13.1. The molecule has 5 nitrogen and oxygen atoms in total. The average molecular weight is 374 g/mol. The van der Waals surface area contributed by atoms with Crippen LogP contribution in [0.2, 0.25) is 0 Å². The third kappa shape index (κ3) is 2.94. The molecule has 2 heterocycles. The van der Waals surface area contributed by atoms with Crippen molar-refractivity contribution in [2.24, 2.45) is 0 Å². The molecule has 0 unspecified atom stereocenters. The van der Waals surface area contributed by atoms with Gasteiger partial charge in [0.25, 0.3) is 11.5 Å². The van der Waals surface area contributed by atoms with E-state index in [2.05, 4.69) is 4.98 Å². The van der Waals surface area contributed by atoms with Crippen molar-refractivity contribution in [1.29, 1.82) is 0 Å². The third-order valence-corrected chi connectivity index (χ3v) is 5.73. The number of para-hydroxylation sites is 1. The Morgan fingerprint density at radius 3 is 2.48 bits per heavy atom. The van der Waals surface area contributed by atoms with E-state index in [1.165, 1.54) is 15.9 Å². The molecule has 1 N–H and O–H groups in total. The molecule has 1 amide bonds. The topological polar surface area (TPSA) is 58.1 Å². The SMILES string of the molecule is CCN(CC)C(=O)c1sc2[nH]c(=S)n(-c3ccccc3)c(=O)c2c1C. The highest BCUT2D eigenvalue weighted by atomic mass is 32.1. The first kappa shape index (κ1) is 17.6. The number of H-pyrrole nitrogens is 1. The number of carbonyl (C=O) groups excluding carboxylic acids is 1. The summed E-state index contributed by atoms with van der Waals surface area (Å²) >= 11 is 6.68. The molecule has 130 valence electrons. The van der Waals surface area contributed by atoms with Crippen molar-refractivity contribution in [3.63, 3.8) is 0 Å². The van der Waals surface area contributed by atoms with Gasteiger partial charge in [-0.1, -0.05) is 18.2 Å². The van der Waals surface area contributed by atoms with Crippen molar-refractivity contribution in [2.75, 3.05) is 13.1 Å². The number of aromatic amines is 1. The van der Waals surface area contributed by atoms with Gasteiger partial charge in [0.1, 0.15) is 4.83 Å². The molecule has 0 radical (unpaired) electrons. The smallest absolute Gasteiger partial charge is 0.267 e. The summed E-state index contributed by atoms with van der Waals surface area (Å²) in [6, 6.07) is 9.27. The van der Waals surface area contributed by atoms with Gasteiger partial charge in [0.2, 0.25) is 0 Å². The Morgan fingerprint density at radius 2 is 1.88 bits per heavy atom. The van der Waals surface area contributed by atoms with Crippen LogP contribution in [0, 0.1) is 11.7 Å². The lowest BCUT2D eigenvalue weighted by molar-refractivity contribution is 0.0777. The molecule has 0 saturated carbocycles. The number of nitrogens with one attached hydrogen (secondary N) is 1. The zero-order valence-electron chi connectivity index (χ0n) is 14.3. The van der Waals surface area contributed by atoms with Crippen LogP contribution in [0.5, 0.6) is 0 Å². The number of aryl methyl sites for hydroxylation is 1.